The molecule has 5 nitrogen and oxygen atoms in total. The van der Waals surface area contributed by atoms with Crippen molar-refractivity contribution in [2.24, 2.45) is 0 Å². The first-order valence-corrected chi connectivity index (χ1v) is 9.85. The van der Waals surface area contributed by atoms with Crippen molar-refractivity contribution in [3.63, 3.8) is 0 Å². The van der Waals surface area contributed by atoms with E-state index < -0.39 is 17.3 Å². The molecule has 0 unspecified atom stereocenters. The predicted octanol–water partition coefficient (Wildman–Crippen LogP) is 3.57. The maximum atomic E-state index is 13.1. The highest BCUT2D eigenvalue weighted by molar-refractivity contribution is 5.78. The van der Waals surface area contributed by atoms with Gasteiger partial charge in [0.05, 0.1) is 22.5 Å². The molecule has 2 atom stereocenters. The van der Waals surface area contributed by atoms with E-state index in [0.29, 0.717) is 23.9 Å². The zero-order valence-corrected chi connectivity index (χ0v) is 16.5. The summed E-state index contributed by atoms with van der Waals surface area (Å²) in [5.41, 5.74) is -0.907. The quantitative estimate of drug-likeness (QED) is 0.840. The first-order chi connectivity index (χ1) is 13.3. The van der Waals surface area contributed by atoms with Crippen molar-refractivity contribution in [2.45, 2.75) is 58.4 Å². The minimum absolute atomic E-state index is 0.0179. The SMILES string of the molecule is CCC[C@H](c1nc2ccc(C(F)(F)F)cc2c(=O)n1CC)N1CCN[C@@H](C)C1. The van der Waals surface area contributed by atoms with Crippen LogP contribution in [0.3, 0.4) is 0 Å². The number of halogens is 3. The van der Waals surface area contributed by atoms with Crippen molar-refractivity contribution in [1.82, 2.24) is 19.8 Å². The molecular weight excluding hydrogens is 369 g/mol. The Kier molecular flexibility index (Phi) is 6.09. The zero-order valence-electron chi connectivity index (χ0n) is 16.5. The van der Waals surface area contributed by atoms with Gasteiger partial charge in [-0.05, 0) is 38.5 Å². The van der Waals surface area contributed by atoms with Gasteiger partial charge >= 0.3 is 6.18 Å². The lowest BCUT2D eigenvalue weighted by Gasteiger charge is -2.38. The van der Waals surface area contributed by atoms with E-state index in [1.165, 1.54) is 10.6 Å². The van der Waals surface area contributed by atoms with E-state index in [9.17, 15) is 18.0 Å². The Morgan fingerprint density at radius 3 is 2.68 bits per heavy atom. The van der Waals surface area contributed by atoms with Crippen LogP contribution in [0.25, 0.3) is 10.9 Å². The highest BCUT2D eigenvalue weighted by Crippen LogP contribution is 2.31. The van der Waals surface area contributed by atoms with Crippen LogP contribution in [0.5, 0.6) is 0 Å². The summed E-state index contributed by atoms with van der Waals surface area (Å²) in [6.45, 7) is 8.96. The van der Waals surface area contributed by atoms with Gasteiger partial charge in [0.25, 0.3) is 5.56 Å². The molecule has 0 aliphatic carbocycles. The highest BCUT2D eigenvalue weighted by Gasteiger charge is 2.32. The fourth-order valence-electron chi connectivity index (χ4n) is 3.97. The minimum atomic E-state index is -4.49. The first-order valence-electron chi connectivity index (χ1n) is 9.85. The van der Waals surface area contributed by atoms with Gasteiger partial charge in [-0.1, -0.05) is 13.3 Å². The molecule has 1 aliphatic rings. The summed E-state index contributed by atoms with van der Waals surface area (Å²) in [4.78, 5) is 20.1. The van der Waals surface area contributed by atoms with Crippen LogP contribution < -0.4 is 10.9 Å². The molecular formula is C20H27F3N4O. The topological polar surface area (TPSA) is 50.2 Å². The van der Waals surface area contributed by atoms with Gasteiger partial charge in [0.1, 0.15) is 5.82 Å². The zero-order chi connectivity index (χ0) is 20.5. The Hall–Kier alpha value is -1.93. The van der Waals surface area contributed by atoms with Crippen molar-refractivity contribution >= 4 is 10.9 Å². The Bertz CT molecular complexity index is 893. The Morgan fingerprint density at radius 1 is 1.32 bits per heavy atom. The highest BCUT2D eigenvalue weighted by atomic mass is 19.4. The van der Waals surface area contributed by atoms with Crippen LogP contribution in [-0.2, 0) is 12.7 Å². The van der Waals surface area contributed by atoms with Crippen molar-refractivity contribution in [3.8, 4) is 0 Å². The molecule has 8 heteroatoms. The molecule has 1 aromatic heterocycles. The second kappa shape index (κ2) is 8.21. The van der Waals surface area contributed by atoms with Crippen molar-refractivity contribution in [3.05, 3.63) is 39.9 Å². The summed E-state index contributed by atoms with van der Waals surface area (Å²) >= 11 is 0. The van der Waals surface area contributed by atoms with E-state index in [1.54, 1.807) is 0 Å². The smallest absolute Gasteiger partial charge is 0.312 e. The third-order valence-corrected chi connectivity index (χ3v) is 5.33. The van der Waals surface area contributed by atoms with Crippen molar-refractivity contribution < 1.29 is 13.2 Å². The Morgan fingerprint density at radius 2 is 2.07 bits per heavy atom. The van der Waals surface area contributed by atoms with E-state index in [4.69, 9.17) is 0 Å². The molecule has 2 aromatic rings. The monoisotopic (exact) mass is 396 g/mol. The average molecular weight is 396 g/mol. The summed E-state index contributed by atoms with van der Waals surface area (Å²) in [5, 5.41) is 3.43. The number of benzene rings is 1. The number of piperazine rings is 1. The number of hydrogen-bond donors (Lipinski definition) is 1. The third-order valence-electron chi connectivity index (χ3n) is 5.33. The molecule has 2 heterocycles. The minimum Gasteiger partial charge on any atom is -0.312 e. The van der Waals surface area contributed by atoms with Gasteiger partial charge in [0.2, 0.25) is 0 Å². The number of rotatable bonds is 5. The molecule has 1 saturated heterocycles. The van der Waals surface area contributed by atoms with Crippen LogP contribution in [-0.4, -0.2) is 40.1 Å². The number of nitrogens with zero attached hydrogens (tertiary/aromatic N) is 3. The third kappa shape index (κ3) is 4.07. The molecule has 0 spiro atoms. The normalized spacial score (nSPS) is 19.9. The van der Waals surface area contributed by atoms with E-state index in [2.05, 4.69) is 29.0 Å². The van der Waals surface area contributed by atoms with E-state index in [1.807, 2.05) is 6.92 Å². The summed E-state index contributed by atoms with van der Waals surface area (Å²) in [5.74, 6) is 0.649. The maximum Gasteiger partial charge on any atom is 0.416 e. The van der Waals surface area contributed by atoms with Gasteiger partial charge in [-0.25, -0.2) is 4.98 Å². The van der Waals surface area contributed by atoms with Crippen molar-refractivity contribution in [2.75, 3.05) is 19.6 Å². The summed E-state index contributed by atoms with van der Waals surface area (Å²) in [6, 6.07) is 3.53. The standard InChI is InChI=1S/C20H27F3N4O/c1-4-6-17(26-10-9-24-13(3)12-26)18-25-16-8-7-14(20(21,22)23)11-15(16)19(28)27(18)5-2/h7-8,11,13,17,24H,4-6,9-10,12H2,1-3H3/t13-,17+/m0/s1. The molecule has 154 valence electrons. The molecule has 3 rings (SSSR count). The van der Waals surface area contributed by atoms with E-state index >= 15 is 0 Å². The lowest BCUT2D eigenvalue weighted by Crippen LogP contribution is -2.51. The number of hydrogen-bond acceptors (Lipinski definition) is 4. The fraction of sp³-hybridized carbons (Fsp3) is 0.600. The Labute approximate surface area is 162 Å². The molecule has 0 amide bonds. The molecule has 28 heavy (non-hydrogen) atoms. The molecule has 1 aliphatic heterocycles. The molecule has 0 bridgehead atoms. The lowest BCUT2D eigenvalue weighted by molar-refractivity contribution is -0.137. The predicted molar refractivity (Wildman–Crippen MR) is 103 cm³/mol. The van der Waals surface area contributed by atoms with Gasteiger partial charge in [0.15, 0.2) is 0 Å². The van der Waals surface area contributed by atoms with Gasteiger partial charge in [-0.15, -0.1) is 0 Å². The first kappa shape index (κ1) is 20.8. The van der Waals surface area contributed by atoms with Gasteiger partial charge < -0.3 is 5.32 Å². The average Bonchev–Trinajstić information content (AvgIpc) is 2.65. The van der Waals surface area contributed by atoms with Crippen LogP contribution in [0.1, 0.15) is 51.0 Å². The lowest BCUT2D eigenvalue weighted by atomic mass is 10.1. The second-order valence-corrected chi connectivity index (χ2v) is 7.40. The van der Waals surface area contributed by atoms with Crippen LogP contribution in [0.2, 0.25) is 0 Å². The second-order valence-electron chi connectivity index (χ2n) is 7.40. The van der Waals surface area contributed by atoms with Gasteiger partial charge in [0, 0.05) is 32.2 Å². The van der Waals surface area contributed by atoms with E-state index in [-0.39, 0.29) is 11.4 Å². The number of fused-ring (bicyclic) bond motifs is 1. The molecule has 1 N–H and O–H groups in total. The maximum absolute atomic E-state index is 13.1. The number of nitrogens with one attached hydrogen (secondary N) is 1. The summed E-state index contributed by atoms with van der Waals surface area (Å²) in [6.07, 6.45) is -2.73. The molecule has 1 aromatic carbocycles. The fourth-order valence-corrected chi connectivity index (χ4v) is 3.97. The van der Waals surface area contributed by atoms with Gasteiger partial charge in [-0.3, -0.25) is 14.3 Å². The molecule has 0 radical (unpaired) electrons. The van der Waals surface area contributed by atoms with Gasteiger partial charge in [-0.2, -0.15) is 13.2 Å². The van der Waals surface area contributed by atoms with Crippen LogP contribution in [0.4, 0.5) is 13.2 Å². The van der Waals surface area contributed by atoms with E-state index in [0.717, 1.165) is 44.6 Å². The van der Waals surface area contributed by atoms with Crippen LogP contribution in [0, 0.1) is 0 Å². The summed E-state index contributed by atoms with van der Waals surface area (Å²) in [7, 11) is 0. The number of alkyl halides is 3. The summed E-state index contributed by atoms with van der Waals surface area (Å²) < 4.78 is 40.8. The molecule has 1 fully saturated rings. The number of aromatic nitrogens is 2. The molecule has 0 saturated carbocycles. The Balaban J connectivity index is 2.14. The largest absolute Gasteiger partial charge is 0.416 e. The van der Waals surface area contributed by atoms with Crippen LogP contribution in [0.15, 0.2) is 23.0 Å². The van der Waals surface area contributed by atoms with Crippen molar-refractivity contribution in [1.29, 1.82) is 0 Å². The van der Waals surface area contributed by atoms with Crippen LogP contribution >= 0.6 is 0 Å².